The molecule has 0 unspecified atom stereocenters. The highest BCUT2D eigenvalue weighted by molar-refractivity contribution is 6.33. The molecule has 59 heavy (non-hydrogen) atoms. The molecule has 6 rings (SSSR count). The molecule has 14 nitrogen and oxygen atoms in total. The number of piperidine rings is 2. The van der Waals surface area contributed by atoms with Gasteiger partial charge in [0.2, 0.25) is 0 Å². The number of para-hydroxylation sites is 1. The second-order valence-electron chi connectivity index (χ2n) is 16.1. The Labute approximate surface area is 347 Å². The predicted molar refractivity (Wildman–Crippen MR) is 213 cm³/mol. The van der Waals surface area contributed by atoms with Crippen molar-refractivity contribution in [2.45, 2.75) is 83.2 Å². The van der Waals surface area contributed by atoms with Gasteiger partial charge in [-0.2, -0.15) is 13.2 Å². The van der Waals surface area contributed by atoms with Crippen LogP contribution in [0.4, 0.5) is 34.1 Å². The zero-order valence-electron chi connectivity index (χ0n) is 33.5. The van der Waals surface area contributed by atoms with E-state index in [1.165, 1.54) is 15.9 Å². The number of benzene rings is 2. The molecule has 0 spiro atoms. The predicted octanol–water partition coefficient (Wildman–Crippen LogP) is 5.27. The van der Waals surface area contributed by atoms with Gasteiger partial charge in [0.1, 0.15) is 0 Å². The van der Waals surface area contributed by atoms with Gasteiger partial charge in [0.15, 0.2) is 6.10 Å². The molecule has 4 heterocycles. The summed E-state index contributed by atoms with van der Waals surface area (Å²) in [5.74, 6) is -1.70. The fraction of sp³-hybridized carbons (Fsp3) is 0.585. The number of nitrogen functional groups attached to an aromatic ring is 1. The number of nitrogens with one attached hydrogen (secondary N) is 1. The van der Waals surface area contributed by atoms with Crippen molar-refractivity contribution in [3.05, 3.63) is 58.1 Å². The maximum atomic E-state index is 14.1. The lowest BCUT2D eigenvalue weighted by Crippen LogP contribution is -2.56. The lowest BCUT2D eigenvalue weighted by Gasteiger charge is -2.43. The monoisotopic (exact) mass is 847 g/mol. The number of hydrogen-bond acceptors (Lipinski definition) is 9. The number of hydrogen-bond donors (Lipinski definition) is 2. The maximum Gasteiger partial charge on any atom is 0.418 e. The Hall–Kier alpha value is -4.77. The summed E-state index contributed by atoms with van der Waals surface area (Å²) in [4.78, 5) is 74.4. The Morgan fingerprint density at radius 2 is 1.53 bits per heavy atom. The van der Waals surface area contributed by atoms with Crippen LogP contribution < -0.4 is 11.1 Å². The van der Waals surface area contributed by atoms with Crippen LogP contribution in [0.15, 0.2) is 36.4 Å². The molecule has 0 aromatic heterocycles. The molecule has 3 N–H and O–H groups in total. The van der Waals surface area contributed by atoms with Crippen molar-refractivity contribution in [2.24, 2.45) is 5.92 Å². The zero-order chi connectivity index (χ0) is 42.4. The Morgan fingerprint density at radius 1 is 0.881 bits per heavy atom. The number of nitrogens with zero attached hydrogens (tertiary/aromatic N) is 5. The molecule has 5 amide bonds. The standard InChI is InChI=1S/C41H53ClF3N7O7/c1-26(2)12-22-58-38(55)37(54)50-20-18-48(19-21-50)29-8-13-49(14-9-29)36(53)34(25-27-23-31(41(43,44)45)35(46)32(42)24-27)59-40(57)51-15-10-30(11-16-51)52-17-7-28-5-3-4-6-33(28)47-39(52)56/h3-6,23-24,26,29-30,34H,7-22,25,46H2,1-2H3,(H,47,56)/t34-/m1/s1. The number of esters is 1. The third-order valence-electron chi connectivity index (χ3n) is 11.7. The van der Waals surface area contributed by atoms with Crippen molar-refractivity contribution < 1.29 is 46.6 Å². The van der Waals surface area contributed by atoms with Gasteiger partial charge in [-0.3, -0.25) is 14.5 Å². The quantitative estimate of drug-likeness (QED) is 0.195. The van der Waals surface area contributed by atoms with Gasteiger partial charge in [-0.25, -0.2) is 14.4 Å². The van der Waals surface area contributed by atoms with Gasteiger partial charge in [-0.1, -0.05) is 43.6 Å². The summed E-state index contributed by atoms with van der Waals surface area (Å²) >= 11 is 6.13. The first kappa shape index (κ1) is 43.8. The van der Waals surface area contributed by atoms with Crippen molar-refractivity contribution in [3.63, 3.8) is 0 Å². The Kier molecular flexibility index (Phi) is 14.2. The van der Waals surface area contributed by atoms with Crippen LogP contribution in [0, 0.1) is 5.92 Å². The summed E-state index contributed by atoms with van der Waals surface area (Å²) in [5, 5.41) is 2.64. The number of carbonyl (C=O) groups excluding carboxylic acids is 5. The number of rotatable bonds is 9. The molecule has 0 radical (unpaired) electrons. The number of anilines is 2. The van der Waals surface area contributed by atoms with Gasteiger partial charge in [0.05, 0.1) is 22.9 Å². The van der Waals surface area contributed by atoms with Crippen molar-refractivity contribution in [1.29, 1.82) is 0 Å². The SMILES string of the molecule is CC(C)CCOC(=O)C(=O)N1CCN(C2CCN(C(=O)[C@@H](Cc3cc(Cl)c(N)c(C(F)(F)F)c3)OC(=O)N3CCC(N4CCc5ccccc5NC4=O)CC3)CC2)CC1. The number of alkyl halides is 3. The summed E-state index contributed by atoms with van der Waals surface area (Å²) in [6, 6.07) is 9.44. The molecule has 2 aromatic carbocycles. The third kappa shape index (κ3) is 10.9. The van der Waals surface area contributed by atoms with Gasteiger partial charge < -0.3 is 40.1 Å². The summed E-state index contributed by atoms with van der Waals surface area (Å²) in [6.45, 7) is 7.61. The van der Waals surface area contributed by atoms with E-state index in [0.717, 1.165) is 17.3 Å². The fourth-order valence-corrected chi connectivity index (χ4v) is 8.48. The Bertz CT molecular complexity index is 1860. The molecule has 0 aliphatic carbocycles. The smallest absolute Gasteiger partial charge is 0.418 e. The Morgan fingerprint density at radius 3 is 2.19 bits per heavy atom. The van der Waals surface area contributed by atoms with Crippen LogP contribution in [0.1, 0.15) is 62.6 Å². The molecule has 2 aromatic rings. The lowest BCUT2D eigenvalue weighted by atomic mass is 9.99. The van der Waals surface area contributed by atoms with E-state index in [4.69, 9.17) is 26.8 Å². The van der Waals surface area contributed by atoms with E-state index < -0.39 is 47.4 Å². The van der Waals surface area contributed by atoms with Crippen molar-refractivity contribution in [2.75, 3.05) is 76.6 Å². The summed E-state index contributed by atoms with van der Waals surface area (Å²) in [7, 11) is 0. The van der Waals surface area contributed by atoms with Crippen LogP contribution >= 0.6 is 11.6 Å². The Balaban J connectivity index is 1.06. The van der Waals surface area contributed by atoms with Gasteiger partial charge in [0.25, 0.3) is 5.91 Å². The van der Waals surface area contributed by atoms with E-state index in [1.807, 2.05) is 38.1 Å². The highest BCUT2D eigenvalue weighted by Crippen LogP contribution is 2.38. The third-order valence-corrected chi connectivity index (χ3v) is 12.0. The number of fused-ring (bicyclic) bond motifs is 1. The van der Waals surface area contributed by atoms with Crippen LogP contribution in [0.3, 0.4) is 0 Å². The minimum absolute atomic E-state index is 0.0284. The first-order valence-electron chi connectivity index (χ1n) is 20.3. The number of nitrogens with two attached hydrogens (primary N) is 1. The van der Waals surface area contributed by atoms with E-state index in [2.05, 4.69) is 10.2 Å². The second-order valence-corrected chi connectivity index (χ2v) is 16.5. The number of carbonyl (C=O) groups is 5. The first-order chi connectivity index (χ1) is 28.1. The normalized spacial score (nSPS) is 19.2. The van der Waals surface area contributed by atoms with Crippen LogP contribution in [0.25, 0.3) is 0 Å². The van der Waals surface area contributed by atoms with Crippen LogP contribution in [0.5, 0.6) is 0 Å². The molecular weight excluding hydrogens is 795 g/mol. The molecule has 3 fully saturated rings. The zero-order valence-corrected chi connectivity index (χ0v) is 34.2. The van der Waals surface area contributed by atoms with Gasteiger partial charge in [0, 0.05) is 83.1 Å². The molecular formula is C41H53ClF3N7O7. The maximum absolute atomic E-state index is 14.1. The summed E-state index contributed by atoms with van der Waals surface area (Å²) < 4.78 is 52.7. The minimum Gasteiger partial charge on any atom is -0.459 e. The molecule has 4 aliphatic rings. The van der Waals surface area contributed by atoms with E-state index in [9.17, 15) is 37.1 Å². The van der Waals surface area contributed by atoms with Crippen molar-refractivity contribution >= 4 is 52.9 Å². The van der Waals surface area contributed by atoms with E-state index in [0.29, 0.717) is 90.3 Å². The number of ether oxygens (including phenoxy) is 2. The van der Waals surface area contributed by atoms with Crippen LogP contribution in [-0.2, 0) is 42.9 Å². The molecule has 322 valence electrons. The van der Waals surface area contributed by atoms with Gasteiger partial charge in [-0.05, 0) is 73.8 Å². The number of halogens is 4. The van der Waals surface area contributed by atoms with Crippen LogP contribution in [0.2, 0.25) is 5.02 Å². The average molecular weight is 848 g/mol. The number of amides is 5. The average Bonchev–Trinajstić information content (AvgIpc) is 3.38. The number of likely N-dealkylation sites (tertiary alicyclic amines) is 2. The molecule has 3 saturated heterocycles. The van der Waals surface area contributed by atoms with E-state index in [-0.39, 0.29) is 54.8 Å². The number of piperazine rings is 1. The minimum atomic E-state index is -4.81. The molecule has 0 saturated carbocycles. The molecule has 18 heteroatoms. The highest BCUT2D eigenvalue weighted by atomic mass is 35.5. The molecule has 4 aliphatic heterocycles. The van der Waals surface area contributed by atoms with Crippen molar-refractivity contribution in [1.82, 2.24) is 24.5 Å². The summed E-state index contributed by atoms with van der Waals surface area (Å²) in [6.07, 6.45) is -3.97. The lowest BCUT2D eigenvalue weighted by molar-refractivity contribution is -0.161. The molecule has 1 atom stereocenters. The fourth-order valence-electron chi connectivity index (χ4n) is 8.24. The van der Waals surface area contributed by atoms with Crippen LogP contribution in [-0.4, -0.2) is 138 Å². The topological polar surface area (TPSA) is 158 Å². The van der Waals surface area contributed by atoms with Crippen molar-refractivity contribution in [3.8, 4) is 0 Å². The van der Waals surface area contributed by atoms with E-state index >= 15 is 0 Å². The first-order valence-corrected chi connectivity index (χ1v) is 20.7. The molecule has 0 bridgehead atoms. The number of urea groups is 1. The summed E-state index contributed by atoms with van der Waals surface area (Å²) in [5.41, 5.74) is 5.73. The second kappa shape index (κ2) is 19.1. The van der Waals surface area contributed by atoms with Gasteiger partial charge >= 0.3 is 30.2 Å². The highest BCUT2D eigenvalue weighted by Gasteiger charge is 2.39. The van der Waals surface area contributed by atoms with E-state index in [1.54, 1.807) is 9.80 Å². The largest absolute Gasteiger partial charge is 0.459 e. The van der Waals surface area contributed by atoms with Gasteiger partial charge in [-0.15, -0.1) is 0 Å².